The molecule has 4 heteroatoms. The van der Waals surface area contributed by atoms with Crippen LogP contribution in [0.2, 0.25) is 0 Å². The van der Waals surface area contributed by atoms with Gasteiger partial charge in [0, 0.05) is 50.0 Å². The monoisotopic (exact) mass is 356 g/mol. The average molecular weight is 356 g/mol. The van der Waals surface area contributed by atoms with E-state index < -0.39 is 0 Å². The van der Waals surface area contributed by atoms with Crippen LogP contribution < -0.4 is 4.90 Å². The van der Waals surface area contributed by atoms with Gasteiger partial charge in [-0.2, -0.15) is 5.26 Å². The van der Waals surface area contributed by atoms with Crippen molar-refractivity contribution in [2.75, 3.05) is 31.1 Å². The van der Waals surface area contributed by atoms with Crippen molar-refractivity contribution < 1.29 is 0 Å². The van der Waals surface area contributed by atoms with Crippen LogP contribution in [0.1, 0.15) is 23.1 Å². The van der Waals surface area contributed by atoms with E-state index in [1.54, 1.807) is 0 Å². The van der Waals surface area contributed by atoms with Crippen LogP contribution in [0.4, 0.5) is 5.69 Å². The van der Waals surface area contributed by atoms with E-state index in [1.165, 1.54) is 22.2 Å². The van der Waals surface area contributed by atoms with E-state index in [1.807, 2.05) is 18.3 Å². The summed E-state index contributed by atoms with van der Waals surface area (Å²) in [5.74, 6) is 0. The molecule has 1 aliphatic rings. The summed E-state index contributed by atoms with van der Waals surface area (Å²) >= 11 is 0. The number of anilines is 1. The van der Waals surface area contributed by atoms with Crippen molar-refractivity contribution in [3.8, 4) is 6.07 Å². The zero-order valence-electron chi connectivity index (χ0n) is 15.7. The lowest BCUT2D eigenvalue weighted by atomic mass is 10.1. The molecule has 2 heterocycles. The summed E-state index contributed by atoms with van der Waals surface area (Å²) < 4.78 is 0. The van der Waals surface area contributed by atoms with Crippen molar-refractivity contribution in [1.82, 2.24) is 9.88 Å². The van der Waals surface area contributed by atoms with Crippen LogP contribution in [-0.4, -0.2) is 36.1 Å². The zero-order chi connectivity index (χ0) is 18.6. The molecule has 1 fully saturated rings. The first-order valence-corrected chi connectivity index (χ1v) is 9.55. The summed E-state index contributed by atoms with van der Waals surface area (Å²) in [7, 11) is 0. The van der Waals surface area contributed by atoms with E-state index in [2.05, 4.69) is 64.2 Å². The number of aromatic nitrogens is 1. The van der Waals surface area contributed by atoms with Crippen molar-refractivity contribution in [1.29, 1.82) is 5.26 Å². The number of nitriles is 1. The maximum Gasteiger partial charge on any atom is 0.0991 e. The molecule has 0 saturated carbocycles. The van der Waals surface area contributed by atoms with Gasteiger partial charge in [0.15, 0.2) is 0 Å². The lowest BCUT2D eigenvalue weighted by Crippen LogP contribution is -2.30. The van der Waals surface area contributed by atoms with Gasteiger partial charge in [0.2, 0.25) is 0 Å². The third-order valence-electron chi connectivity index (χ3n) is 5.29. The summed E-state index contributed by atoms with van der Waals surface area (Å²) in [4.78, 5) is 9.54. The zero-order valence-corrected chi connectivity index (χ0v) is 15.7. The molecule has 1 aromatic heterocycles. The van der Waals surface area contributed by atoms with E-state index in [4.69, 9.17) is 5.26 Å². The van der Waals surface area contributed by atoms with E-state index in [0.29, 0.717) is 0 Å². The van der Waals surface area contributed by atoms with E-state index in [-0.39, 0.29) is 0 Å². The van der Waals surface area contributed by atoms with Gasteiger partial charge in [-0.25, -0.2) is 0 Å². The van der Waals surface area contributed by atoms with Crippen LogP contribution in [0.15, 0.2) is 54.7 Å². The number of nitrogens with zero attached hydrogens (tertiary/aromatic N) is 4. The van der Waals surface area contributed by atoms with Crippen molar-refractivity contribution in [2.45, 2.75) is 19.9 Å². The van der Waals surface area contributed by atoms with Gasteiger partial charge in [-0.3, -0.25) is 9.88 Å². The second-order valence-electron chi connectivity index (χ2n) is 7.28. The molecule has 2 aromatic carbocycles. The SMILES string of the molecule is Cc1ccc2nccc(N3CCCN(Cc4ccc(C#N)cc4)CC3)c2c1. The number of rotatable bonds is 3. The minimum Gasteiger partial charge on any atom is -0.370 e. The third-order valence-corrected chi connectivity index (χ3v) is 5.29. The molecule has 0 atom stereocenters. The number of aryl methyl sites for hydroxylation is 1. The predicted octanol–water partition coefficient (Wildman–Crippen LogP) is 4.13. The van der Waals surface area contributed by atoms with Crippen LogP contribution in [-0.2, 0) is 6.54 Å². The second-order valence-corrected chi connectivity index (χ2v) is 7.28. The molecule has 0 aliphatic carbocycles. The van der Waals surface area contributed by atoms with E-state index in [0.717, 1.165) is 50.2 Å². The highest BCUT2D eigenvalue weighted by atomic mass is 15.2. The maximum absolute atomic E-state index is 8.95. The van der Waals surface area contributed by atoms with Crippen LogP contribution in [0, 0.1) is 18.3 Å². The smallest absolute Gasteiger partial charge is 0.0991 e. The highest BCUT2D eigenvalue weighted by molar-refractivity contribution is 5.92. The molecular formula is C23H24N4. The highest BCUT2D eigenvalue weighted by Gasteiger charge is 2.17. The first-order valence-electron chi connectivity index (χ1n) is 9.55. The van der Waals surface area contributed by atoms with Crippen molar-refractivity contribution in [3.05, 3.63) is 71.4 Å². The molecule has 0 amide bonds. The molecule has 0 radical (unpaired) electrons. The fourth-order valence-corrected chi connectivity index (χ4v) is 3.83. The Hall–Kier alpha value is -2.90. The largest absolute Gasteiger partial charge is 0.370 e. The number of pyridine rings is 1. The van der Waals surface area contributed by atoms with Gasteiger partial charge in [0.05, 0.1) is 17.1 Å². The maximum atomic E-state index is 8.95. The van der Waals surface area contributed by atoms with Crippen LogP contribution in [0.25, 0.3) is 10.9 Å². The average Bonchev–Trinajstić information content (AvgIpc) is 2.93. The Balaban J connectivity index is 1.49. The summed E-state index contributed by atoms with van der Waals surface area (Å²) in [6.45, 7) is 7.29. The van der Waals surface area contributed by atoms with Gasteiger partial charge >= 0.3 is 0 Å². The lowest BCUT2D eigenvalue weighted by Gasteiger charge is -2.25. The second kappa shape index (κ2) is 7.77. The fraction of sp³-hybridized carbons (Fsp3) is 0.304. The summed E-state index contributed by atoms with van der Waals surface area (Å²) in [6.07, 6.45) is 3.07. The molecule has 27 heavy (non-hydrogen) atoms. The standard InChI is InChI=1S/C23H24N4/c1-18-3-8-22-21(15-18)23(9-10-25-22)27-12-2-11-26(13-14-27)17-20-6-4-19(16-24)5-7-20/h3-10,15H,2,11-14,17H2,1H3. The first-order chi connectivity index (χ1) is 13.2. The Kier molecular flexibility index (Phi) is 5.04. The minimum atomic E-state index is 0.723. The van der Waals surface area contributed by atoms with Crippen LogP contribution in [0.3, 0.4) is 0 Å². The molecule has 4 rings (SSSR count). The minimum absolute atomic E-state index is 0.723. The molecule has 1 aliphatic heterocycles. The Morgan fingerprint density at radius 1 is 1.00 bits per heavy atom. The summed E-state index contributed by atoms with van der Waals surface area (Å²) in [6, 6.07) is 18.8. The topological polar surface area (TPSA) is 43.2 Å². The summed E-state index contributed by atoms with van der Waals surface area (Å²) in [5.41, 5.74) is 5.63. The highest BCUT2D eigenvalue weighted by Crippen LogP contribution is 2.27. The Morgan fingerprint density at radius 2 is 1.85 bits per heavy atom. The molecule has 1 saturated heterocycles. The van der Waals surface area contributed by atoms with Crippen LogP contribution in [0.5, 0.6) is 0 Å². The Labute approximate surface area is 160 Å². The van der Waals surface area contributed by atoms with E-state index in [9.17, 15) is 0 Å². The van der Waals surface area contributed by atoms with Gasteiger partial charge < -0.3 is 4.90 Å². The molecule has 0 bridgehead atoms. The number of hydrogen-bond acceptors (Lipinski definition) is 4. The first kappa shape index (κ1) is 17.5. The van der Waals surface area contributed by atoms with Gasteiger partial charge in [-0.1, -0.05) is 23.8 Å². The molecule has 0 spiro atoms. The van der Waals surface area contributed by atoms with Gasteiger partial charge in [-0.15, -0.1) is 0 Å². The number of fused-ring (bicyclic) bond motifs is 1. The molecule has 136 valence electrons. The van der Waals surface area contributed by atoms with Crippen molar-refractivity contribution in [2.24, 2.45) is 0 Å². The molecule has 0 N–H and O–H groups in total. The molecule has 0 unspecified atom stereocenters. The third kappa shape index (κ3) is 3.94. The van der Waals surface area contributed by atoms with Crippen LogP contribution >= 0.6 is 0 Å². The number of benzene rings is 2. The molecule has 4 nitrogen and oxygen atoms in total. The van der Waals surface area contributed by atoms with Gasteiger partial charge in [-0.05, 0) is 49.2 Å². The van der Waals surface area contributed by atoms with Crippen molar-refractivity contribution in [3.63, 3.8) is 0 Å². The van der Waals surface area contributed by atoms with Gasteiger partial charge in [0.1, 0.15) is 0 Å². The van der Waals surface area contributed by atoms with Crippen molar-refractivity contribution >= 4 is 16.6 Å². The van der Waals surface area contributed by atoms with Gasteiger partial charge in [0.25, 0.3) is 0 Å². The normalized spacial score (nSPS) is 15.5. The van der Waals surface area contributed by atoms with E-state index >= 15 is 0 Å². The molecular weight excluding hydrogens is 332 g/mol. The Bertz CT molecular complexity index is 972. The fourth-order valence-electron chi connectivity index (χ4n) is 3.83. The quantitative estimate of drug-likeness (QED) is 0.708. The number of hydrogen-bond donors (Lipinski definition) is 0. The lowest BCUT2D eigenvalue weighted by molar-refractivity contribution is 0.285. The molecule has 3 aromatic rings. The predicted molar refractivity (Wildman–Crippen MR) is 110 cm³/mol. The summed E-state index contributed by atoms with van der Waals surface area (Å²) in [5, 5.41) is 10.2. The Morgan fingerprint density at radius 3 is 2.67 bits per heavy atom.